The van der Waals surface area contributed by atoms with Crippen LogP contribution in [0.3, 0.4) is 0 Å². The van der Waals surface area contributed by atoms with E-state index in [9.17, 15) is 0 Å². The van der Waals surface area contributed by atoms with Gasteiger partial charge in [-0.1, -0.05) is 65.1 Å². The summed E-state index contributed by atoms with van der Waals surface area (Å²) in [5.74, 6) is 0.195. The van der Waals surface area contributed by atoms with Crippen molar-refractivity contribution in [3.8, 4) is 6.07 Å². The zero-order chi connectivity index (χ0) is 15.4. The van der Waals surface area contributed by atoms with Gasteiger partial charge in [-0.3, -0.25) is 5.43 Å². The number of nitrogens with zero attached hydrogens (tertiary/aromatic N) is 3. The molecule has 2 aromatic rings. The number of hydrazone groups is 1. The van der Waals surface area contributed by atoms with Crippen molar-refractivity contribution < 1.29 is 0 Å². The van der Waals surface area contributed by atoms with E-state index >= 15 is 0 Å². The molecule has 7 heteroatoms. The number of pyridine rings is 1. The van der Waals surface area contributed by atoms with Crippen LogP contribution < -0.4 is 5.43 Å². The number of rotatable bonds is 3. The van der Waals surface area contributed by atoms with E-state index in [2.05, 4.69) is 15.5 Å². The van der Waals surface area contributed by atoms with Crippen molar-refractivity contribution in [2.24, 2.45) is 5.10 Å². The Kier molecular flexibility index (Phi) is 5.03. The molecule has 0 amide bonds. The third kappa shape index (κ3) is 3.45. The zero-order valence-corrected chi connectivity index (χ0v) is 13.1. The van der Waals surface area contributed by atoms with E-state index in [0.717, 1.165) is 11.3 Å². The van der Waals surface area contributed by atoms with Crippen LogP contribution in [0, 0.1) is 11.3 Å². The lowest BCUT2D eigenvalue weighted by atomic mass is 10.1. The van der Waals surface area contributed by atoms with E-state index in [4.69, 9.17) is 40.1 Å². The Balaban J connectivity index is 2.31. The minimum atomic E-state index is -0.0260. The normalized spacial score (nSPS) is 11.1. The molecule has 4 nitrogen and oxygen atoms in total. The third-order valence-corrected chi connectivity index (χ3v) is 3.79. The average molecular weight is 340 g/mol. The zero-order valence-electron chi connectivity index (χ0n) is 10.9. The van der Waals surface area contributed by atoms with Crippen LogP contribution in [0.5, 0.6) is 0 Å². The molecule has 0 aliphatic carbocycles. The number of anilines is 1. The molecule has 0 radical (unpaired) electrons. The monoisotopic (exact) mass is 338 g/mol. The molecule has 1 aromatic carbocycles. The molecular weight excluding hydrogens is 331 g/mol. The summed E-state index contributed by atoms with van der Waals surface area (Å²) in [5.41, 5.74) is 4.44. The lowest BCUT2D eigenvalue weighted by molar-refractivity contribution is 1.21. The van der Waals surface area contributed by atoms with Crippen LogP contribution in [0.25, 0.3) is 0 Å². The fraction of sp³-hybridized carbons (Fsp3) is 0.0714. The van der Waals surface area contributed by atoms with Crippen molar-refractivity contribution in [1.82, 2.24) is 4.98 Å². The molecule has 106 valence electrons. The van der Waals surface area contributed by atoms with Gasteiger partial charge in [0.15, 0.2) is 11.0 Å². The largest absolute Gasteiger partial charge is 0.260 e. The summed E-state index contributed by atoms with van der Waals surface area (Å²) in [6.07, 6.45) is 0. The van der Waals surface area contributed by atoms with E-state index in [1.54, 1.807) is 0 Å². The van der Waals surface area contributed by atoms with Gasteiger partial charge in [0.25, 0.3) is 0 Å². The molecule has 21 heavy (non-hydrogen) atoms. The summed E-state index contributed by atoms with van der Waals surface area (Å²) in [5, 5.41) is 13.2. The molecule has 1 aromatic heterocycles. The highest BCUT2D eigenvalue weighted by Crippen LogP contribution is 2.34. The van der Waals surface area contributed by atoms with Crippen LogP contribution in [0.15, 0.2) is 35.4 Å². The Labute approximate surface area is 137 Å². The fourth-order valence-corrected chi connectivity index (χ4v) is 2.23. The number of nitrogens with one attached hydrogen (secondary N) is 1. The molecule has 0 aliphatic rings. The van der Waals surface area contributed by atoms with Crippen molar-refractivity contribution in [1.29, 1.82) is 5.26 Å². The van der Waals surface area contributed by atoms with E-state index in [-0.39, 0.29) is 26.6 Å². The van der Waals surface area contributed by atoms with Crippen LogP contribution in [-0.4, -0.2) is 10.7 Å². The van der Waals surface area contributed by atoms with Gasteiger partial charge >= 0.3 is 0 Å². The van der Waals surface area contributed by atoms with Crippen molar-refractivity contribution in [3.63, 3.8) is 0 Å². The van der Waals surface area contributed by atoms with Gasteiger partial charge in [-0.2, -0.15) is 10.4 Å². The smallest absolute Gasteiger partial charge is 0.168 e. The first-order valence-electron chi connectivity index (χ1n) is 5.85. The van der Waals surface area contributed by atoms with E-state index in [1.165, 1.54) is 0 Å². The minimum absolute atomic E-state index is 0.0260. The Morgan fingerprint density at radius 2 is 1.86 bits per heavy atom. The molecule has 1 N–H and O–H groups in total. The second-order valence-electron chi connectivity index (χ2n) is 4.04. The van der Waals surface area contributed by atoms with Gasteiger partial charge in [0.1, 0.15) is 16.7 Å². The third-order valence-electron chi connectivity index (χ3n) is 2.67. The van der Waals surface area contributed by atoms with E-state index in [0.29, 0.717) is 0 Å². The highest BCUT2D eigenvalue weighted by atomic mass is 35.5. The standard InChI is InChI=1S/C14H9Cl3N4/c1-8(9-5-3-2-4-6-9)20-21-14-12(16)11(15)10(7-18)13(17)19-14/h2-6H,1H3,(H,19,21). The van der Waals surface area contributed by atoms with Crippen molar-refractivity contribution in [2.75, 3.05) is 5.43 Å². The Hall–Kier alpha value is -1.80. The maximum absolute atomic E-state index is 8.92. The van der Waals surface area contributed by atoms with Crippen LogP contribution in [0.4, 0.5) is 5.82 Å². The van der Waals surface area contributed by atoms with E-state index in [1.807, 2.05) is 43.3 Å². The predicted octanol–water partition coefficient (Wildman–Crippen LogP) is 4.75. The van der Waals surface area contributed by atoms with Crippen LogP contribution >= 0.6 is 34.8 Å². The van der Waals surface area contributed by atoms with Gasteiger partial charge in [0.05, 0.1) is 10.7 Å². The van der Waals surface area contributed by atoms with Crippen molar-refractivity contribution in [2.45, 2.75) is 6.92 Å². The quantitative estimate of drug-likeness (QED) is 0.498. The summed E-state index contributed by atoms with van der Waals surface area (Å²) in [6, 6.07) is 11.4. The first kappa shape index (κ1) is 15.6. The lowest BCUT2D eigenvalue weighted by Crippen LogP contribution is -2.02. The fourth-order valence-electron chi connectivity index (χ4n) is 1.56. The second kappa shape index (κ2) is 6.77. The van der Waals surface area contributed by atoms with Gasteiger partial charge in [-0.15, -0.1) is 0 Å². The van der Waals surface area contributed by atoms with Crippen molar-refractivity contribution >= 4 is 46.3 Å². The van der Waals surface area contributed by atoms with Gasteiger partial charge in [-0.05, 0) is 12.5 Å². The average Bonchev–Trinajstić information content (AvgIpc) is 2.50. The summed E-state index contributed by atoms with van der Waals surface area (Å²) >= 11 is 17.9. The van der Waals surface area contributed by atoms with Gasteiger partial charge in [0, 0.05) is 0 Å². The van der Waals surface area contributed by atoms with Crippen LogP contribution in [0.1, 0.15) is 18.1 Å². The first-order valence-corrected chi connectivity index (χ1v) is 6.98. The number of hydrogen-bond acceptors (Lipinski definition) is 4. The second-order valence-corrected chi connectivity index (χ2v) is 5.15. The summed E-state index contributed by atoms with van der Waals surface area (Å²) < 4.78 is 0. The molecule has 2 rings (SSSR count). The molecule has 0 fully saturated rings. The minimum Gasteiger partial charge on any atom is -0.260 e. The topological polar surface area (TPSA) is 61.1 Å². The number of halogens is 3. The predicted molar refractivity (Wildman–Crippen MR) is 86.3 cm³/mol. The number of benzene rings is 1. The maximum Gasteiger partial charge on any atom is 0.168 e. The molecule has 0 unspecified atom stereocenters. The van der Waals surface area contributed by atoms with Gasteiger partial charge < -0.3 is 0 Å². The van der Waals surface area contributed by atoms with Gasteiger partial charge in [0.2, 0.25) is 0 Å². The number of hydrogen-bond donors (Lipinski definition) is 1. The van der Waals surface area contributed by atoms with Crippen molar-refractivity contribution in [3.05, 3.63) is 56.7 Å². The molecule has 0 saturated heterocycles. The summed E-state index contributed by atoms with van der Waals surface area (Å²) in [4.78, 5) is 3.98. The molecule has 1 heterocycles. The molecule has 0 bridgehead atoms. The van der Waals surface area contributed by atoms with Crippen LogP contribution in [0.2, 0.25) is 15.2 Å². The van der Waals surface area contributed by atoms with Gasteiger partial charge in [-0.25, -0.2) is 4.98 Å². The molecule has 0 spiro atoms. The molecule has 0 aliphatic heterocycles. The highest BCUT2D eigenvalue weighted by molar-refractivity contribution is 6.45. The molecular formula is C14H9Cl3N4. The molecule has 0 saturated carbocycles. The molecule has 0 atom stereocenters. The maximum atomic E-state index is 8.92. The number of nitriles is 1. The Morgan fingerprint density at radius 1 is 1.19 bits per heavy atom. The highest BCUT2D eigenvalue weighted by Gasteiger charge is 2.16. The number of aromatic nitrogens is 1. The summed E-state index contributed by atoms with van der Waals surface area (Å²) in [7, 11) is 0. The SMILES string of the molecule is CC(=NNc1nc(Cl)c(C#N)c(Cl)c1Cl)c1ccccc1. The summed E-state index contributed by atoms with van der Waals surface area (Å²) in [6.45, 7) is 1.84. The lowest BCUT2D eigenvalue weighted by Gasteiger charge is -2.08. The first-order chi connectivity index (χ1) is 10.0. The van der Waals surface area contributed by atoms with Crippen LogP contribution in [-0.2, 0) is 0 Å². The Bertz CT molecular complexity index is 736. The van der Waals surface area contributed by atoms with E-state index < -0.39 is 0 Å². The Morgan fingerprint density at radius 3 is 2.48 bits per heavy atom.